The molecule has 0 atom stereocenters. The number of hydrogen-bond donors (Lipinski definition) is 2. The zero-order chi connectivity index (χ0) is 16.6. The fourth-order valence-electron chi connectivity index (χ4n) is 2.98. The van der Waals surface area contributed by atoms with E-state index in [1.807, 2.05) is 18.2 Å². The summed E-state index contributed by atoms with van der Waals surface area (Å²) in [6, 6.07) is 8.19. The lowest BCUT2D eigenvalue weighted by Gasteiger charge is -2.27. The number of carbonyl (C=O) groups excluding carboxylic acids is 1. The average molecular weight is 419 g/mol. The number of hydrogen-bond acceptors (Lipinski definition) is 5. The van der Waals surface area contributed by atoms with Crippen molar-refractivity contribution < 1.29 is 4.79 Å². The van der Waals surface area contributed by atoms with E-state index in [0.717, 1.165) is 69.1 Å². The monoisotopic (exact) mass is 418 g/mol. The number of aryl methyl sites for hydroxylation is 1. The van der Waals surface area contributed by atoms with Gasteiger partial charge in [0.25, 0.3) is 0 Å². The maximum Gasteiger partial charge on any atom is 0.220 e. The number of carbonyl (C=O) groups is 1. The van der Waals surface area contributed by atoms with Gasteiger partial charge in [-0.15, -0.1) is 36.2 Å². The minimum Gasteiger partial charge on any atom is -0.356 e. The van der Waals surface area contributed by atoms with E-state index < -0.39 is 0 Å². The van der Waals surface area contributed by atoms with Gasteiger partial charge in [-0.05, 0) is 37.9 Å². The Morgan fingerprint density at radius 2 is 1.96 bits per heavy atom. The van der Waals surface area contributed by atoms with Crippen LogP contribution in [0.5, 0.6) is 0 Å². The van der Waals surface area contributed by atoms with Crippen molar-refractivity contribution >= 4 is 52.3 Å². The Balaban J connectivity index is 0.00000169. The van der Waals surface area contributed by atoms with Crippen molar-refractivity contribution in [2.24, 2.45) is 0 Å². The van der Waals surface area contributed by atoms with Gasteiger partial charge in [0.15, 0.2) is 0 Å². The molecule has 2 N–H and O–H groups in total. The molecule has 1 aliphatic rings. The van der Waals surface area contributed by atoms with Crippen LogP contribution in [0.2, 0.25) is 0 Å². The first-order chi connectivity index (χ1) is 11.8. The molecule has 2 heterocycles. The zero-order valence-electron chi connectivity index (χ0n) is 14.9. The number of halogens is 2. The van der Waals surface area contributed by atoms with E-state index in [1.54, 1.807) is 11.3 Å². The molecule has 3 rings (SSSR count). The topological polar surface area (TPSA) is 57.3 Å². The normalized spacial score (nSPS) is 14.5. The van der Waals surface area contributed by atoms with Crippen LogP contribution in [0.4, 0.5) is 0 Å². The van der Waals surface area contributed by atoms with E-state index in [4.69, 9.17) is 0 Å². The van der Waals surface area contributed by atoms with Crippen molar-refractivity contribution in [3.63, 3.8) is 0 Å². The molecule has 1 aromatic heterocycles. The number of nitrogens with zero attached hydrogens (tertiary/aromatic N) is 2. The van der Waals surface area contributed by atoms with Crippen LogP contribution in [-0.4, -0.2) is 55.1 Å². The summed E-state index contributed by atoms with van der Waals surface area (Å²) in [4.78, 5) is 19.0. The molecule has 1 aromatic carbocycles. The van der Waals surface area contributed by atoms with Gasteiger partial charge in [-0.1, -0.05) is 12.1 Å². The number of benzene rings is 1. The molecule has 8 heteroatoms. The fourth-order valence-corrected chi connectivity index (χ4v) is 3.99. The molecule has 26 heavy (non-hydrogen) atoms. The first-order valence-corrected chi connectivity index (χ1v) is 9.67. The summed E-state index contributed by atoms with van der Waals surface area (Å²) in [5, 5.41) is 7.52. The highest BCUT2D eigenvalue weighted by Gasteiger charge is 2.09. The number of nitrogens with one attached hydrogen (secondary N) is 2. The Morgan fingerprint density at radius 3 is 2.73 bits per heavy atom. The van der Waals surface area contributed by atoms with Gasteiger partial charge in [-0.3, -0.25) is 4.79 Å². The first kappa shape index (κ1) is 23.1. The van der Waals surface area contributed by atoms with Crippen LogP contribution in [0, 0.1) is 0 Å². The van der Waals surface area contributed by atoms with Crippen LogP contribution in [0.25, 0.3) is 10.2 Å². The fraction of sp³-hybridized carbons (Fsp3) is 0.556. The molecule has 1 fully saturated rings. The molecule has 0 unspecified atom stereocenters. The van der Waals surface area contributed by atoms with Gasteiger partial charge in [-0.2, -0.15) is 0 Å². The van der Waals surface area contributed by atoms with Crippen molar-refractivity contribution in [3.8, 4) is 0 Å². The third kappa shape index (κ3) is 7.37. The van der Waals surface area contributed by atoms with Crippen LogP contribution in [0.15, 0.2) is 24.3 Å². The molecule has 0 radical (unpaired) electrons. The largest absolute Gasteiger partial charge is 0.356 e. The predicted octanol–water partition coefficient (Wildman–Crippen LogP) is 2.87. The second-order valence-corrected chi connectivity index (χ2v) is 7.34. The standard InChI is InChI=1S/C18H26N4OS.2ClH/c23-17(20-9-4-12-22-13-10-19-11-14-22)7-3-8-18-21-15-5-1-2-6-16(15)24-18;;/h1-2,5-6,19H,3-4,7-14H2,(H,20,23);2*1H. The van der Waals surface area contributed by atoms with Gasteiger partial charge in [0.2, 0.25) is 5.91 Å². The van der Waals surface area contributed by atoms with Crippen molar-refractivity contribution in [2.45, 2.75) is 25.7 Å². The zero-order valence-corrected chi connectivity index (χ0v) is 17.4. The van der Waals surface area contributed by atoms with E-state index in [-0.39, 0.29) is 30.7 Å². The Bertz CT molecular complexity index is 628. The van der Waals surface area contributed by atoms with Gasteiger partial charge in [-0.25, -0.2) is 4.98 Å². The highest BCUT2D eigenvalue weighted by Crippen LogP contribution is 2.22. The molecule has 5 nitrogen and oxygen atoms in total. The van der Waals surface area contributed by atoms with Crippen molar-refractivity contribution in [3.05, 3.63) is 29.3 Å². The number of piperazine rings is 1. The van der Waals surface area contributed by atoms with E-state index in [0.29, 0.717) is 6.42 Å². The van der Waals surface area contributed by atoms with Crippen LogP contribution < -0.4 is 10.6 Å². The summed E-state index contributed by atoms with van der Waals surface area (Å²) in [6.45, 7) is 6.26. The average Bonchev–Trinajstić information content (AvgIpc) is 3.02. The molecule has 0 bridgehead atoms. The van der Waals surface area contributed by atoms with Gasteiger partial charge in [0.05, 0.1) is 15.2 Å². The third-order valence-corrected chi connectivity index (χ3v) is 5.41. The molecule has 1 amide bonds. The molecular weight excluding hydrogens is 391 g/mol. The maximum atomic E-state index is 11.9. The molecule has 146 valence electrons. The number of thiazole rings is 1. The quantitative estimate of drug-likeness (QED) is 0.647. The van der Waals surface area contributed by atoms with E-state index in [9.17, 15) is 4.79 Å². The molecule has 0 spiro atoms. The maximum absolute atomic E-state index is 11.9. The lowest BCUT2D eigenvalue weighted by molar-refractivity contribution is -0.121. The Labute approximate surface area is 171 Å². The lowest BCUT2D eigenvalue weighted by atomic mass is 10.2. The van der Waals surface area contributed by atoms with Gasteiger partial charge in [0.1, 0.15) is 0 Å². The molecular formula is C18H28Cl2N4OS. The predicted molar refractivity (Wildman–Crippen MR) is 114 cm³/mol. The van der Waals surface area contributed by atoms with Crippen molar-refractivity contribution in [2.75, 3.05) is 39.3 Å². The Kier molecular flexibility index (Phi) is 11.1. The van der Waals surface area contributed by atoms with Crippen LogP contribution in [0.3, 0.4) is 0 Å². The first-order valence-electron chi connectivity index (χ1n) is 8.85. The van der Waals surface area contributed by atoms with Crippen molar-refractivity contribution in [1.82, 2.24) is 20.5 Å². The van der Waals surface area contributed by atoms with Crippen LogP contribution >= 0.6 is 36.2 Å². The minimum atomic E-state index is 0. The molecule has 0 saturated carbocycles. The van der Waals surface area contributed by atoms with Gasteiger partial charge in [0, 0.05) is 39.1 Å². The Morgan fingerprint density at radius 1 is 1.19 bits per heavy atom. The van der Waals surface area contributed by atoms with Crippen molar-refractivity contribution in [1.29, 1.82) is 0 Å². The Hall–Kier alpha value is -0.920. The minimum absolute atomic E-state index is 0. The highest BCUT2D eigenvalue weighted by atomic mass is 35.5. The summed E-state index contributed by atoms with van der Waals surface area (Å²) in [7, 11) is 0. The summed E-state index contributed by atoms with van der Waals surface area (Å²) in [5.41, 5.74) is 1.06. The smallest absolute Gasteiger partial charge is 0.220 e. The van der Waals surface area contributed by atoms with Crippen LogP contribution in [0.1, 0.15) is 24.3 Å². The SMILES string of the molecule is Cl.Cl.O=C(CCCc1nc2ccccc2s1)NCCCN1CCNCC1. The van der Waals surface area contributed by atoms with E-state index in [2.05, 4.69) is 26.6 Å². The molecule has 0 aliphatic carbocycles. The van der Waals surface area contributed by atoms with Crippen LogP contribution in [-0.2, 0) is 11.2 Å². The summed E-state index contributed by atoms with van der Waals surface area (Å²) in [6.07, 6.45) is 3.37. The van der Waals surface area contributed by atoms with E-state index >= 15 is 0 Å². The highest BCUT2D eigenvalue weighted by molar-refractivity contribution is 7.18. The summed E-state index contributed by atoms with van der Waals surface area (Å²) >= 11 is 1.73. The molecule has 1 saturated heterocycles. The number of rotatable bonds is 8. The molecule has 2 aromatic rings. The molecule has 1 aliphatic heterocycles. The third-order valence-electron chi connectivity index (χ3n) is 4.32. The number of fused-ring (bicyclic) bond motifs is 1. The second-order valence-electron chi connectivity index (χ2n) is 6.22. The lowest BCUT2D eigenvalue weighted by Crippen LogP contribution is -2.44. The van der Waals surface area contributed by atoms with Gasteiger partial charge < -0.3 is 15.5 Å². The number of amides is 1. The number of para-hydroxylation sites is 1. The van der Waals surface area contributed by atoms with E-state index in [1.165, 1.54) is 4.70 Å². The number of aromatic nitrogens is 1. The summed E-state index contributed by atoms with van der Waals surface area (Å²) in [5.74, 6) is 0.163. The second kappa shape index (κ2) is 12.5. The summed E-state index contributed by atoms with van der Waals surface area (Å²) < 4.78 is 1.23. The van der Waals surface area contributed by atoms with Gasteiger partial charge >= 0.3 is 0 Å².